The number of carbonyl (C=O) groups excluding carboxylic acids is 2. The first-order valence-corrected chi connectivity index (χ1v) is 13.7. The summed E-state index contributed by atoms with van der Waals surface area (Å²) in [4.78, 5) is 52.9. The standard InChI is InChI=1S/C23H29N6O11P/c1-5-37-20(33)14-7-6-8-15(11-14)40-41(35,26-13(2)19(32)36-4)38-12-16-18(31)23(3,27-28-24)21(39-16)29-10-9-17(30)25-22(29)34/h6-11,13,16,18,21,31H,5,12H2,1-4H3,(H,26,35)(H,25,30,34)/t13-,16+,18+,21?,23+,41?/m0/s1. The molecule has 2 aromatic rings. The Labute approximate surface area is 232 Å². The van der Waals surface area contributed by atoms with Crippen LogP contribution in [0, 0.1) is 0 Å². The average molecular weight is 596 g/mol. The van der Waals surface area contributed by atoms with Gasteiger partial charge in [-0.25, -0.2) is 14.2 Å². The highest BCUT2D eigenvalue weighted by atomic mass is 31.2. The molecule has 1 aromatic carbocycles. The molecule has 17 nitrogen and oxygen atoms in total. The Kier molecular flexibility index (Phi) is 10.1. The SMILES string of the molecule is CCOC(=O)c1cccc(OP(=O)(N[C@@H](C)C(=O)OC)OC[C@H]2OC(n3ccc(=O)[nH]c3=O)[C@](C)(N=[N+]=[N-])[C@@H]2O)c1. The zero-order valence-electron chi connectivity index (χ0n) is 22.5. The third kappa shape index (κ3) is 7.21. The number of aromatic nitrogens is 2. The summed E-state index contributed by atoms with van der Waals surface area (Å²) in [5, 5.41) is 17.1. The lowest BCUT2D eigenvalue weighted by molar-refractivity contribution is -0.142. The van der Waals surface area contributed by atoms with Gasteiger partial charge in [0.2, 0.25) is 0 Å². The van der Waals surface area contributed by atoms with E-state index in [4.69, 9.17) is 24.1 Å². The van der Waals surface area contributed by atoms with Crippen LogP contribution in [0.15, 0.2) is 51.2 Å². The summed E-state index contributed by atoms with van der Waals surface area (Å²) < 4.78 is 41.2. The molecule has 222 valence electrons. The molecule has 0 saturated carbocycles. The van der Waals surface area contributed by atoms with Gasteiger partial charge in [-0.3, -0.25) is 23.7 Å². The first-order valence-electron chi connectivity index (χ1n) is 12.2. The summed E-state index contributed by atoms with van der Waals surface area (Å²) in [5.74, 6) is -1.55. The summed E-state index contributed by atoms with van der Waals surface area (Å²) in [5.41, 5.74) is 5.85. The quantitative estimate of drug-likeness (QED) is 0.104. The number of H-pyrrole nitrogens is 1. The van der Waals surface area contributed by atoms with Crippen molar-refractivity contribution in [1.82, 2.24) is 14.6 Å². The normalized spacial score (nSPS) is 24.0. The molecule has 1 fully saturated rings. The number of nitrogens with one attached hydrogen (secondary N) is 2. The summed E-state index contributed by atoms with van der Waals surface area (Å²) in [6, 6.07) is 5.34. The predicted molar refractivity (Wildman–Crippen MR) is 140 cm³/mol. The van der Waals surface area contributed by atoms with Crippen LogP contribution in [0.25, 0.3) is 10.4 Å². The number of carbonyl (C=O) groups is 2. The monoisotopic (exact) mass is 596 g/mol. The number of hydrogen-bond donors (Lipinski definition) is 3. The van der Waals surface area contributed by atoms with E-state index in [2.05, 4.69) is 19.9 Å². The van der Waals surface area contributed by atoms with Crippen LogP contribution in [0.5, 0.6) is 5.75 Å². The van der Waals surface area contributed by atoms with E-state index in [-0.39, 0.29) is 17.9 Å². The maximum absolute atomic E-state index is 13.8. The number of rotatable bonds is 12. The minimum Gasteiger partial charge on any atom is -0.468 e. The fourth-order valence-electron chi connectivity index (χ4n) is 3.96. The Balaban J connectivity index is 1.91. The first-order chi connectivity index (χ1) is 19.4. The van der Waals surface area contributed by atoms with Gasteiger partial charge < -0.3 is 23.8 Å². The van der Waals surface area contributed by atoms with Crippen molar-refractivity contribution in [3.63, 3.8) is 0 Å². The molecule has 18 heteroatoms. The number of benzene rings is 1. The van der Waals surface area contributed by atoms with Crippen molar-refractivity contribution in [3.05, 3.63) is 73.4 Å². The largest absolute Gasteiger partial charge is 0.468 e. The Morgan fingerprint density at radius 3 is 2.73 bits per heavy atom. The van der Waals surface area contributed by atoms with Gasteiger partial charge in [0.05, 0.1) is 32.0 Å². The number of methoxy groups -OCH3 is 1. The first kappa shape index (κ1) is 31.5. The third-order valence-electron chi connectivity index (χ3n) is 6.00. The smallest absolute Gasteiger partial charge is 0.459 e. The van der Waals surface area contributed by atoms with Gasteiger partial charge in [0.25, 0.3) is 5.56 Å². The fraction of sp³-hybridized carbons (Fsp3) is 0.478. The lowest BCUT2D eigenvalue weighted by Crippen LogP contribution is -2.45. The molecule has 2 unspecified atom stereocenters. The van der Waals surface area contributed by atoms with Crippen LogP contribution in [0.1, 0.15) is 37.4 Å². The number of azide groups is 1. The molecule has 6 atom stereocenters. The Morgan fingerprint density at radius 1 is 1.37 bits per heavy atom. The number of nitrogens with zero attached hydrogens (tertiary/aromatic N) is 4. The van der Waals surface area contributed by atoms with Gasteiger partial charge in [0, 0.05) is 17.2 Å². The van der Waals surface area contributed by atoms with E-state index in [1.807, 2.05) is 4.98 Å². The molecule has 1 aliphatic heterocycles. The second kappa shape index (κ2) is 13.1. The van der Waals surface area contributed by atoms with Crippen LogP contribution in [0.3, 0.4) is 0 Å². The number of hydrogen-bond acceptors (Lipinski definition) is 12. The number of aliphatic hydroxyl groups excluding tert-OH is 1. The average Bonchev–Trinajstić information content (AvgIpc) is 3.16. The Hall–Kier alpha value is -3.98. The maximum atomic E-state index is 13.8. The van der Waals surface area contributed by atoms with Gasteiger partial charge in [0.15, 0.2) is 6.23 Å². The van der Waals surface area contributed by atoms with Crippen LogP contribution >= 0.6 is 7.75 Å². The second-order valence-electron chi connectivity index (χ2n) is 8.91. The van der Waals surface area contributed by atoms with Crippen molar-refractivity contribution < 1.29 is 42.5 Å². The van der Waals surface area contributed by atoms with E-state index in [0.29, 0.717) is 0 Å². The van der Waals surface area contributed by atoms with Crippen molar-refractivity contribution >= 4 is 19.7 Å². The minimum atomic E-state index is -4.49. The summed E-state index contributed by atoms with van der Waals surface area (Å²) in [6.45, 7) is 3.73. The van der Waals surface area contributed by atoms with Gasteiger partial charge in [0.1, 0.15) is 23.4 Å². The molecule has 0 bridgehead atoms. The zero-order valence-corrected chi connectivity index (χ0v) is 23.3. The van der Waals surface area contributed by atoms with Crippen molar-refractivity contribution in [2.24, 2.45) is 5.11 Å². The lowest BCUT2D eigenvalue weighted by atomic mass is 9.93. The van der Waals surface area contributed by atoms with Crippen molar-refractivity contribution in [1.29, 1.82) is 0 Å². The molecule has 3 N–H and O–H groups in total. The van der Waals surface area contributed by atoms with Gasteiger partial charge in [-0.2, -0.15) is 5.09 Å². The highest BCUT2D eigenvalue weighted by molar-refractivity contribution is 7.52. The van der Waals surface area contributed by atoms with Gasteiger partial charge >= 0.3 is 25.4 Å². The zero-order chi connectivity index (χ0) is 30.4. The van der Waals surface area contributed by atoms with Crippen LogP contribution in [0.2, 0.25) is 0 Å². The van der Waals surface area contributed by atoms with E-state index < -0.39 is 67.6 Å². The second-order valence-corrected chi connectivity index (χ2v) is 10.6. The summed E-state index contributed by atoms with van der Waals surface area (Å²) >= 11 is 0. The van der Waals surface area contributed by atoms with Crippen LogP contribution in [-0.2, 0) is 28.1 Å². The Bertz CT molecular complexity index is 1490. The molecule has 1 aliphatic rings. The fourth-order valence-corrected chi connectivity index (χ4v) is 5.45. The van der Waals surface area contributed by atoms with E-state index in [1.165, 1.54) is 38.1 Å². The van der Waals surface area contributed by atoms with E-state index in [1.54, 1.807) is 6.92 Å². The Morgan fingerprint density at radius 2 is 2.10 bits per heavy atom. The van der Waals surface area contributed by atoms with Crippen molar-refractivity contribution in [3.8, 4) is 5.75 Å². The highest BCUT2D eigenvalue weighted by Crippen LogP contribution is 2.47. The highest BCUT2D eigenvalue weighted by Gasteiger charge is 2.55. The maximum Gasteiger partial charge on any atom is 0.459 e. The van der Waals surface area contributed by atoms with Crippen molar-refractivity contribution in [2.75, 3.05) is 20.3 Å². The number of esters is 2. The van der Waals surface area contributed by atoms with Gasteiger partial charge in [-0.05, 0) is 44.5 Å². The molecule has 0 spiro atoms. The number of aromatic amines is 1. The number of ether oxygens (including phenoxy) is 3. The summed E-state index contributed by atoms with van der Waals surface area (Å²) in [6.07, 6.45) is -3.28. The topological polar surface area (TPSA) is 233 Å². The molecule has 1 aromatic heterocycles. The van der Waals surface area contributed by atoms with E-state index in [0.717, 1.165) is 23.9 Å². The molecule has 1 saturated heterocycles. The predicted octanol–water partition coefficient (Wildman–Crippen LogP) is 1.40. The molecule has 2 heterocycles. The van der Waals surface area contributed by atoms with Gasteiger partial charge in [-0.15, -0.1) is 0 Å². The van der Waals surface area contributed by atoms with E-state index >= 15 is 0 Å². The van der Waals surface area contributed by atoms with Crippen molar-refractivity contribution in [2.45, 2.75) is 50.8 Å². The third-order valence-corrected chi connectivity index (χ3v) is 7.65. The number of aliphatic hydroxyl groups is 1. The molecule has 0 amide bonds. The van der Waals surface area contributed by atoms with Gasteiger partial charge in [-0.1, -0.05) is 11.2 Å². The van der Waals surface area contributed by atoms with Crippen LogP contribution in [0.4, 0.5) is 0 Å². The lowest BCUT2D eigenvalue weighted by Gasteiger charge is -2.28. The molecular weight excluding hydrogens is 567 g/mol. The molecular formula is C23H29N6O11P. The summed E-state index contributed by atoms with van der Waals surface area (Å²) in [7, 11) is -3.37. The molecule has 3 rings (SSSR count). The molecule has 0 radical (unpaired) electrons. The minimum absolute atomic E-state index is 0.0887. The van der Waals surface area contributed by atoms with E-state index in [9.17, 15) is 28.8 Å². The van der Waals surface area contributed by atoms with Crippen LogP contribution in [-0.4, -0.2) is 70.7 Å². The molecule has 0 aliphatic carbocycles. The van der Waals surface area contributed by atoms with Crippen LogP contribution < -0.4 is 20.9 Å². The molecule has 41 heavy (non-hydrogen) atoms.